The zero-order valence-electron chi connectivity index (χ0n) is 11.1. The first-order valence-corrected chi connectivity index (χ1v) is 7.60. The van der Waals surface area contributed by atoms with E-state index in [4.69, 9.17) is 27.9 Å². The van der Waals surface area contributed by atoms with E-state index in [9.17, 15) is 4.39 Å². The van der Waals surface area contributed by atoms with Crippen molar-refractivity contribution in [1.29, 1.82) is 0 Å². The van der Waals surface area contributed by atoms with Crippen LogP contribution in [0.5, 0.6) is 0 Å². The molecule has 0 spiro atoms. The van der Waals surface area contributed by atoms with E-state index in [1.54, 1.807) is 13.0 Å². The molecule has 1 aliphatic heterocycles. The van der Waals surface area contributed by atoms with Crippen LogP contribution in [0.3, 0.4) is 0 Å². The highest BCUT2D eigenvalue weighted by Gasteiger charge is 2.18. The second kappa shape index (κ2) is 6.92. The number of ether oxygens (including phenoxy) is 1. The molecule has 1 heterocycles. The molecule has 1 fully saturated rings. The van der Waals surface area contributed by atoms with E-state index < -0.39 is 0 Å². The summed E-state index contributed by atoms with van der Waals surface area (Å²) in [6.07, 6.45) is 5.55. The van der Waals surface area contributed by atoms with Crippen LogP contribution in [0.15, 0.2) is 12.1 Å². The van der Waals surface area contributed by atoms with Gasteiger partial charge in [-0.05, 0) is 56.2 Å². The summed E-state index contributed by atoms with van der Waals surface area (Å²) >= 11 is 12.5. The van der Waals surface area contributed by atoms with E-state index >= 15 is 0 Å². The van der Waals surface area contributed by atoms with Crippen LogP contribution in [0.4, 0.5) is 4.39 Å². The first kappa shape index (κ1) is 15.1. The van der Waals surface area contributed by atoms with Crippen LogP contribution < -0.4 is 0 Å². The van der Waals surface area contributed by atoms with Crippen LogP contribution in [0, 0.1) is 12.7 Å². The molecule has 1 aliphatic rings. The van der Waals surface area contributed by atoms with Gasteiger partial charge in [0.05, 0.1) is 11.5 Å². The molecule has 1 aromatic rings. The Bertz CT molecular complexity index is 430. The maximum absolute atomic E-state index is 13.4. The normalized spacial score (nSPS) is 21.4. The Morgan fingerprint density at radius 2 is 2.21 bits per heavy atom. The third-order valence-corrected chi connectivity index (χ3v) is 4.41. The number of aryl methyl sites for hydroxylation is 1. The highest BCUT2D eigenvalue weighted by atomic mass is 35.5. The van der Waals surface area contributed by atoms with Gasteiger partial charge in [-0.25, -0.2) is 4.39 Å². The second-order valence-electron chi connectivity index (χ2n) is 5.16. The Kier molecular flexibility index (Phi) is 5.49. The molecule has 106 valence electrons. The van der Waals surface area contributed by atoms with Gasteiger partial charge in [0.15, 0.2) is 0 Å². The lowest BCUT2D eigenvalue weighted by Crippen LogP contribution is -2.19. The molecule has 0 bridgehead atoms. The van der Waals surface area contributed by atoms with Crippen molar-refractivity contribution in [3.8, 4) is 0 Å². The molecule has 0 radical (unpaired) electrons. The fourth-order valence-corrected chi connectivity index (χ4v) is 3.09. The highest BCUT2D eigenvalue weighted by Crippen LogP contribution is 2.34. The molecule has 0 amide bonds. The Morgan fingerprint density at radius 3 is 2.89 bits per heavy atom. The third kappa shape index (κ3) is 4.08. The summed E-state index contributed by atoms with van der Waals surface area (Å²) in [4.78, 5) is 0. The molecule has 2 atom stereocenters. The molecule has 1 saturated heterocycles. The Labute approximate surface area is 124 Å². The topological polar surface area (TPSA) is 9.23 Å². The van der Waals surface area contributed by atoms with Gasteiger partial charge in [-0.15, -0.1) is 11.6 Å². The molecule has 1 aromatic carbocycles. The summed E-state index contributed by atoms with van der Waals surface area (Å²) in [6, 6.07) is 3.09. The predicted molar refractivity (Wildman–Crippen MR) is 77.6 cm³/mol. The van der Waals surface area contributed by atoms with Crippen molar-refractivity contribution in [1.82, 2.24) is 0 Å². The molecular formula is C15H19Cl2FO. The SMILES string of the molecule is Cc1cc(C(Cl)CCC2CCCCO2)c(Cl)cc1F. The van der Waals surface area contributed by atoms with Crippen LogP contribution in [0.1, 0.15) is 48.6 Å². The number of alkyl halides is 1. The molecule has 0 aromatic heterocycles. The molecule has 2 rings (SSSR count). The summed E-state index contributed by atoms with van der Waals surface area (Å²) in [7, 11) is 0. The largest absolute Gasteiger partial charge is 0.378 e. The molecule has 4 heteroatoms. The van der Waals surface area contributed by atoms with Gasteiger partial charge in [-0.1, -0.05) is 17.7 Å². The van der Waals surface area contributed by atoms with Crippen LogP contribution in [-0.2, 0) is 4.74 Å². The van der Waals surface area contributed by atoms with E-state index in [1.807, 2.05) is 0 Å². The van der Waals surface area contributed by atoms with Crippen molar-refractivity contribution in [2.45, 2.75) is 50.5 Å². The summed E-state index contributed by atoms with van der Waals surface area (Å²) in [5.74, 6) is -0.284. The Morgan fingerprint density at radius 1 is 1.42 bits per heavy atom. The summed E-state index contributed by atoms with van der Waals surface area (Å²) in [6.45, 7) is 2.58. The van der Waals surface area contributed by atoms with Crippen molar-refractivity contribution in [3.63, 3.8) is 0 Å². The van der Waals surface area contributed by atoms with Gasteiger partial charge in [0.1, 0.15) is 5.82 Å². The van der Waals surface area contributed by atoms with Crippen molar-refractivity contribution in [3.05, 3.63) is 34.1 Å². The molecular weight excluding hydrogens is 286 g/mol. The van der Waals surface area contributed by atoms with E-state index in [1.165, 1.54) is 12.5 Å². The molecule has 0 aliphatic carbocycles. The predicted octanol–water partition coefficient (Wildman–Crippen LogP) is 5.42. The van der Waals surface area contributed by atoms with Crippen molar-refractivity contribution >= 4 is 23.2 Å². The summed E-state index contributed by atoms with van der Waals surface area (Å²) in [5, 5.41) is 0.227. The lowest BCUT2D eigenvalue weighted by atomic mass is 10.00. The van der Waals surface area contributed by atoms with Gasteiger partial charge >= 0.3 is 0 Å². The second-order valence-corrected chi connectivity index (χ2v) is 6.09. The van der Waals surface area contributed by atoms with Gasteiger partial charge in [0.25, 0.3) is 0 Å². The van der Waals surface area contributed by atoms with Gasteiger partial charge in [0, 0.05) is 11.6 Å². The van der Waals surface area contributed by atoms with Crippen LogP contribution in [0.25, 0.3) is 0 Å². The standard InChI is InChI=1S/C15H19Cl2FO/c1-10-8-12(14(17)9-15(10)18)13(16)6-5-11-4-2-3-7-19-11/h8-9,11,13H,2-7H2,1H3. The smallest absolute Gasteiger partial charge is 0.127 e. The first-order chi connectivity index (χ1) is 9.08. The first-order valence-electron chi connectivity index (χ1n) is 6.79. The fraction of sp³-hybridized carbons (Fsp3) is 0.600. The highest BCUT2D eigenvalue weighted by molar-refractivity contribution is 6.32. The van der Waals surface area contributed by atoms with Crippen LogP contribution in [0.2, 0.25) is 5.02 Å². The number of hydrogen-bond acceptors (Lipinski definition) is 1. The lowest BCUT2D eigenvalue weighted by molar-refractivity contribution is 0.0100. The average Bonchev–Trinajstić information content (AvgIpc) is 2.41. The zero-order chi connectivity index (χ0) is 13.8. The van der Waals surface area contributed by atoms with E-state index in [0.29, 0.717) is 16.7 Å². The maximum Gasteiger partial charge on any atom is 0.127 e. The van der Waals surface area contributed by atoms with Crippen molar-refractivity contribution in [2.75, 3.05) is 6.61 Å². The lowest BCUT2D eigenvalue weighted by Gasteiger charge is -2.23. The molecule has 2 unspecified atom stereocenters. The number of halogens is 3. The van der Waals surface area contributed by atoms with Gasteiger partial charge in [-0.3, -0.25) is 0 Å². The molecule has 19 heavy (non-hydrogen) atoms. The van der Waals surface area contributed by atoms with Crippen molar-refractivity contribution < 1.29 is 9.13 Å². The minimum Gasteiger partial charge on any atom is -0.378 e. The average molecular weight is 305 g/mol. The van der Waals surface area contributed by atoms with E-state index in [0.717, 1.165) is 37.9 Å². The number of benzene rings is 1. The monoisotopic (exact) mass is 304 g/mol. The summed E-state index contributed by atoms with van der Waals surface area (Å²) < 4.78 is 19.0. The minimum atomic E-state index is -0.284. The number of hydrogen-bond donors (Lipinski definition) is 0. The quantitative estimate of drug-likeness (QED) is 0.675. The minimum absolute atomic E-state index is 0.183. The molecule has 1 nitrogen and oxygen atoms in total. The zero-order valence-corrected chi connectivity index (χ0v) is 12.6. The van der Waals surface area contributed by atoms with E-state index in [2.05, 4.69) is 0 Å². The fourth-order valence-electron chi connectivity index (χ4n) is 2.44. The maximum atomic E-state index is 13.4. The van der Waals surface area contributed by atoms with Gasteiger partial charge in [0.2, 0.25) is 0 Å². The molecule has 0 saturated carbocycles. The van der Waals surface area contributed by atoms with Gasteiger partial charge in [-0.2, -0.15) is 0 Å². The van der Waals surface area contributed by atoms with Crippen LogP contribution >= 0.6 is 23.2 Å². The van der Waals surface area contributed by atoms with Crippen LogP contribution in [-0.4, -0.2) is 12.7 Å². The van der Waals surface area contributed by atoms with E-state index in [-0.39, 0.29) is 11.2 Å². The molecule has 0 N–H and O–H groups in total. The summed E-state index contributed by atoms with van der Waals surface area (Å²) in [5.41, 5.74) is 1.40. The number of rotatable bonds is 4. The Hall–Kier alpha value is -0.310. The van der Waals surface area contributed by atoms with Crippen molar-refractivity contribution in [2.24, 2.45) is 0 Å². The third-order valence-electron chi connectivity index (χ3n) is 3.63. The Balaban J connectivity index is 1.95. The van der Waals surface area contributed by atoms with Gasteiger partial charge < -0.3 is 4.74 Å².